The maximum absolute atomic E-state index is 13.6. The van der Waals surface area contributed by atoms with Crippen molar-refractivity contribution in [3.63, 3.8) is 0 Å². The van der Waals surface area contributed by atoms with Crippen LogP contribution in [0.5, 0.6) is 11.5 Å². The molecule has 0 spiro atoms. The molecule has 2 aromatic rings. The molecule has 35 heavy (non-hydrogen) atoms. The van der Waals surface area contributed by atoms with E-state index in [0.717, 1.165) is 6.42 Å². The van der Waals surface area contributed by atoms with E-state index in [-0.39, 0.29) is 11.9 Å². The van der Waals surface area contributed by atoms with Crippen molar-refractivity contribution < 1.29 is 27.5 Å². The van der Waals surface area contributed by atoms with Crippen molar-refractivity contribution in [3.8, 4) is 11.5 Å². The fourth-order valence-electron chi connectivity index (χ4n) is 4.37. The predicted molar refractivity (Wildman–Crippen MR) is 135 cm³/mol. The first-order valence-electron chi connectivity index (χ1n) is 12.4. The van der Waals surface area contributed by atoms with Crippen LogP contribution in [-0.4, -0.2) is 43.6 Å². The third kappa shape index (κ3) is 6.84. The summed E-state index contributed by atoms with van der Waals surface area (Å²) in [6, 6.07) is 16.2. The Balaban J connectivity index is 1.79. The number of esters is 1. The molecule has 1 saturated heterocycles. The smallest absolute Gasteiger partial charge is 0.305 e. The van der Waals surface area contributed by atoms with Gasteiger partial charge in [0.1, 0.15) is 16.7 Å². The Hall–Kier alpha value is -2.87. The molecule has 1 aliphatic rings. The molecule has 0 saturated carbocycles. The molecule has 0 bridgehead atoms. The molecule has 1 amide bonds. The molecule has 1 aliphatic heterocycles. The third-order valence-corrected chi connectivity index (χ3v) is 8.46. The first-order chi connectivity index (χ1) is 16.9. The maximum atomic E-state index is 13.6. The fraction of sp³-hybridized carbons (Fsp3) is 0.481. The van der Waals surface area contributed by atoms with Crippen LogP contribution in [0.4, 0.5) is 0 Å². The first kappa shape index (κ1) is 26.7. The minimum absolute atomic E-state index is 0.236. The summed E-state index contributed by atoms with van der Waals surface area (Å²) < 4.78 is 38.0. The van der Waals surface area contributed by atoms with Crippen LogP contribution in [0.25, 0.3) is 0 Å². The van der Waals surface area contributed by atoms with Gasteiger partial charge in [0.05, 0.1) is 6.61 Å². The second-order valence-electron chi connectivity index (χ2n) is 8.71. The van der Waals surface area contributed by atoms with Crippen molar-refractivity contribution in [2.75, 3.05) is 13.2 Å². The van der Waals surface area contributed by atoms with Crippen molar-refractivity contribution in [1.82, 2.24) is 4.90 Å². The zero-order valence-electron chi connectivity index (χ0n) is 20.5. The lowest BCUT2D eigenvalue weighted by Gasteiger charge is -2.24. The van der Waals surface area contributed by atoms with E-state index in [4.69, 9.17) is 9.47 Å². The Morgan fingerprint density at radius 2 is 1.69 bits per heavy atom. The Morgan fingerprint density at radius 1 is 0.943 bits per heavy atom. The van der Waals surface area contributed by atoms with Gasteiger partial charge in [-0.05, 0) is 56.0 Å². The van der Waals surface area contributed by atoms with Crippen molar-refractivity contribution in [2.45, 2.75) is 69.4 Å². The maximum Gasteiger partial charge on any atom is 0.305 e. The summed E-state index contributed by atoms with van der Waals surface area (Å²) in [6.07, 6.45) is 4.09. The lowest BCUT2D eigenvalue weighted by atomic mass is 10.1. The summed E-state index contributed by atoms with van der Waals surface area (Å²) in [5.41, 5.74) is 0.525. The molecule has 2 atom stereocenters. The van der Waals surface area contributed by atoms with E-state index in [1.165, 1.54) is 4.90 Å². The van der Waals surface area contributed by atoms with Crippen LogP contribution in [0.1, 0.15) is 69.7 Å². The number of amides is 1. The van der Waals surface area contributed by atoms with Gasteiger partial charge < -0.3 is 14.4 Å². The number of carbonyl (C=O) groups excluding carboxylic acids is 2. The molecule has 0 radical (unpaired) electrons. The average molecular weight is 502 g/mol. The number of benzene rings is 2. The SMILES string of the molecule is CCCCC1C(=O)N(CCCCCC(=O)OCC)C(c2cccc(Oc3ccccc3)c2)S1(=O)=O. The second-order valence-corrected chi connectivity index (χ2v) is 10.9. The molecule has 2 unspecified atom stereocenters. The number of rotatable bonds is 13. The van der Waals surface area contributed by atoms with Crippen molar-refractivity contribution >= 4 is 21.7 Å². The largest absolute Gasteiger partial charge is 0.466 e. The van der Waals surface area contributed by atoms with Gasteiger partial charge in [0.2, 0.25) is 5.91 Å². The van der Waals surface area contributed by atoms with Gasteiger partial charge in [-0.2, -0.15) is 0 Å². The van der Waals surface area contributed by atoms with Crippen LogP contribution in [0.3, 0.4) is 0 Å². The van der Waals surface area contributed by atoms with Crippen LogP contribution in [0.2, 0.25) is 0 Å². The third-order valence-electron chi connectivity index (χ3n) is 6.08. The van der Waals surface area contributed by atoms with E-state index in [2.05, 4.69) is 0 Å². The Kier molecular flexibility index (Phi) is 9.72. The Morgan fingerprint density at radius 3 is 2.40 bits per heavy atom. The van der Waals surface area contributed by atoms with Gasteiger partial charge in [0.15, 0.2) is 15.2 Å². The summed E-state index contributed by atoms with van der Waals surface area (Å²) in [6.45, 7) is 4.42. The minimum Gasteiger partial charge on any atom is -0.466 e. The molecule has 0 N–H and O–H groups in total. The molecule has 1 heterocycles. The number of hydrogen-bond acceptors (Lipinski definition) is 6. The van der Waals surface area contributed by atoms with Gasteiger partial charge in [-0.15, -0.1) is 0 Å². The summed E-state index contributed by atoms with van der Waals surface area (Å²) >= 11 is 0. The lowest BCUT2D eigenvalue weighted by Crippen LogP contribution is -2.32. The molecular formula is C27H35NO6S. The van der Waals surface area contributed by atoms with E-state index in [9.17, 15) is 18.0 Å². The monoisotopic (exact) mass is 501 g/mol. The highest BCUT2D eigenvalue weighted by molar-refractivity contribution is 7.93. The molecule has 0 aliphatic carbocycles. The van der Waals surface area contributed by atoms with E-state index in [0.29, 0.717) is 68.7 Å². The number of carbonyl (C=O) groups is 2. The summed E-state index contributed by atoms with van der Waals surface area (Å²) in [7, 11) is -3.76. The number of sulfone groups is 1. The molecular weight excluding hydrogens is 466 g/mol. The Labute approximate surface area is 208 Å². The van der Waals surface area contributed by atoms with E-state index >= 15 is 0 Å². The number of para-hydroxylation sites is 1. The fourth-order valence-corrected chi connectivity index (χ4v) is 6.68. The lowest BCUT2D eigenvalue weighted by molar-refractivity contribution is -0.143. The summed E-state index contributed by atoms with van der Waals surface area (Å²) in [5.74, 6) is 0.598. The molecule has 2 aromatic carbocycles. The first-order valence-corrected chi connectivity index (χ1v) is 14.0. The van der Waals surface area contributed by atoms with Gasteiger partial charge in [0, 0.05) is 13.0 Å². The average Bonchev–Trinajstić information content (AvgIpc) is 3.02. The number of ether oxygens (including phenoxy) is 2. The van der Waals surface area contributed by atoms with Gasteiger partial charge >= 0.3 is 5.97 Å². The number of unbranched alkanes of at least 4 members (excludes halogenated alkanes) is 3. The predicted octanol–water partition coefficient (Wildman–Crippen LogP) is 5.42. The highest BCUT2D eigenvalue weighted by Crippen LogP contribution is 2.40. The molecule has 0 aromatic heterocycles. The highest BCUT2D eigenvalue weighted by atomic mass is 32.2. The number of nitrogens with zero attached hydrogens (tertiary/aromatic N) is 1. The minimum atomic E-state index is -3.76. The van der Waals surface area contributed by atoms with Crippen LogP contribution >= 0.6 is 0 Å². The van der Waals surface area contributed by atoms with E-state index in [1.54, 1.807) is 31.2 Å². The van der Waals surface area contributed by atoms with Crippen LogP contribution in [0.15, 0.2) is 54.6 Å². The number of hydrogen-bond donors (Lipinski definition) is 0. The normalized spacial score (nSPS) is 19.0. The van der Waals surface area contributed by atoms with Gasteiger partial charge in [-0.1, -0.05) is 56.5 Å². The zero-order valence-corrected chi connectivity index (χ0v) is 21.3. The standard InChI is InChI=1S/C27H35NO6S/c1-3-5-17-24-26(30)28(19-11-7-10-18-25(29)33-4-2)27(35(24,31)32)21-13-12-16-23(20-21)34-22-14-8-6-9-15-22/h6,8-9,12-16,20,24,27H,3-5,7,10-11,17-19H2,1-2H3. The highest BCUT2D eigenvalue weighted by Gasteiger charge is 2.52. The van der Waals surface area contributed by atoms with Crippen LogP contribution < -0.4 is 4.74 Å². The van der Waals surface area contributed by atoms with Gasteiger partial charge in [0.25, 0.3) is 0 Å². The van der Waals surface area contributed by atoms with Crippen molar-refractivity contribution in [1.29, 1.82) is 0 Å². The molecule has 190 valence electrons. The second kappa shape index (κ2) is 12.7. The van der Waals surface area contributed by atoms with Crippen molar-refractivity contribution in [3.05, 3.63) is 60.2 Å². The van der Waals surface area contributed by atoms with E-state index in [1.807, 2.05) is 37.3 Å². The van der Waals surface area contributed by atoms with Crippen molar-refractivity contribution in [2.24, 2.45) is 0 Å². The molecule has 8 heteroatoms. The zero-order chi connectivity index (χ0) is 25.3. The summed E-state index contributed by atoms with van der Waals surface area (Å²) in [5, 5.41) is -2.06. The topological polar surface area (TPSA) is 90.0 Å². The summed E-state index contributed by atoms with van der Waals surface area (Å²) in [4.78, 5) is 26.4. The molecule has 3 rings (SSSR count). The quantitative estimate of drug-likeness (QED) is 0.269. The van der Waals surface area contributed by atoms with Gasteiger partial charge in [-0.3, -0.25) is 9.59 Å². The van der Waals surface area contributed by atoms with Crippen LogP contribution in [0, 0.1) is 0 Å². The molecule has 7 nitrogen and oxygen atoms in total. The van der Waals surface area contributed by atoms with Crippen LogP contribution in [-0.2, 0) is 24.2 Å². The molecule has 1 fully saturated rings. The Bertz CT molecular complexity index is 1090. The van der Waals surface area contributed by atoms with E-state index < -0.39 is 20.5 Å². The van der Waals surface area contributed by atoms with Gasteiger partial charge in [-0.25, -0.2) is 8.42 Å².